The fourth-order valence-electron chi connectivity index (χ4n) is 2.49. The molecule has 2 aromatic heterocycles. The van der Waals surface area contributed by atoms with Crippen LogP contribution in [-0.4, -0.2) is 60.4 Å². The summed E-state index contributed by atoms with van der Waals surface area (Å²) in [6.45, 7) is 5.61. The Bertz CT molecular complexity index is 618. The van der Waals surface area contributed by atoms with E-state index >= 15 is 0 Å². The summed E-state index contributed by atoms with van der Waals surface area (Å²) in [7, 11) is 3.93. The number of hydrogen-bond acceptors (Lipinski definition) is 7. The van der Waals surface area contributed by atoms with Gasteiger partial charge in [0.1, 0.15) is 5.82 Å². The maximum Gasteiger partial charge on any atom is 0.151 e. The highest BCUT2D eigenvalue weighted by Gasteiger charge is 2.19. The molecule has 0 N–H and O–H groups in total. The van der Waals surface area contributed by atoms with E-state index in [0.29, 0.717) is 0 Å². The molecule has 1 aliphatic rings. The molecule has 2 aromatic rings. The maximum absolute atomic E-state index is 4.54. The van der Waals surface area contributed by atoms with E-state index in [2.05, 4.69) is 30.0 Å². The van der Waals surface area contributed by atoms with Gasteiger partial charge >= 0.3 is 0 Å². The van der Waals surface area contributed by atoms with Gasteiger partial charge in [0.2, 0.25) is 0 Å². The van der Waals surface area contributed by atoms with Gasteiger partial charge in [0, 0.05) is 46.5 Å². The Hall–Kier alpha value is -2.44. The quantitative estimate of drug-likeness (QED) is 0.836. The van der Waals surface area contributed by atoms with Gasteiger partial charge in [0.05, 0.1) is 11.9 Å². The zero-order chi connectivity index (χ0) is 15.5. The third-order valence-electron chi connectivity index (χ3n) is 3.76. The van der Waals surface area contributed by atoms with Crippen LogP contribution in [0.15, 0.2) is 24.5 Å². The first-order valence-corrected chi connectivity index (χ1v) is 7.43. The molecular formula is C15H21N7. The lowest BCUT2D eigenvalue weighted by Crippen LogP contribution is -2.47. The van der Waals surface area contributed by atoms with Gasteiger partial charge in [-0.1, -0.05) is 0 Å². The van der Waals surface area contributed by atoms with E-state index in [-0.39, 0.29) is 0 Å². The second-order valence-electron chi connectivity index (χ2n) is 5.64. The zero-order valence-electron chi connectivity index (χ0n) is 13.3. The molecule has 7 nitrogen and oxygen atoms in total. The average Bonchev–Trinajstić information content (AvgIpc) is 2.55. The predicted octanol–water partition coefficient (Wildman–Crippen LogP) is 0.968. The normalized spacial score (nSPS) is 15.0. The summed E-state index contributed by atoms with van der Waals surface area (Å²) in [5.41, 5.74) is 0.949. The van der Waals surface area contributed by atoms with Crippen molar-refractivity contribution in [2.24, 2.45) is 0 Å². The van der Waals surface area contributed by atoms with E-state index < -0.39 is 0 Å². The lowest BCUT2D eigenvalue weighted by Gasteiger charge is -2.35. The standard InChI is InChI=1S/C15H21N7/c1-12-10-16-11-15(17-12)22-8-6-21(7-9-22)14-5-4-13(18-19-14)20(2)3/h4-5,10-11H,6-9H2,1-3H3. The summed E-state index contributed by atoms with van der Waals surface area (Å²) >= 11 is 0. The second kappa shape index (κ2) is 6.13. The van der Waals surface area contributed by atoms with E-state index in [0.717, 1.165) is 49.3 Å². The molecule has 7 heteroatoms. The predicted molar refractivity (Wildman–Crippen MR) is 87.6 cm³/mol. The first-order chi connectivity index (χ1) is 10.6. The SMILES string of the molecule is Cc1cncc(N2CCN(c3ccc(N(C)C)nn3)CC2)n1. The number of rotatable bonds is 3. The number of piperazine rings is 1. The van der Waals surface area contributed by atoms with Gasteiger partial charge in [-0.2, -0.15) is 0 Å². The fourth-order valence-corrected chi connectivity index (χ4v) is 2.49. The molecule has 0 spiro atoms. The summed E-state index contributed by atoms with van der Waals surface area (Å²) < 4.78 is 0. The Morgan fingerprint density at radius 3 is 2.14 bits per heavy atom. The topological polar surface area (TPSA) is 61.3 Å². The van der Waals surface area contributed by atoms with Crippen molar-refractivity contribution in [3.8, 4) is 0 Å². The Balaban J connectivity index is 1.64. The molecule has 1 saturated heterocycles. The number of anilines is 3. The van der Waals surface area contributed by atoms with Crippen molar-refractivity contribution in [2.75, 3.05) is 55.0 Å². The molecule has 3 heterocycles. The number of aromatic nitrogens is 4. The van der Waals surface area contributed by atoms with Gasteiger partial charge in [0.15, 0.2) is 11.6 Å². The summed E-state index contributed by atoms with van der Waals surface area (Å²) in [4.78, 5) is 15.2. The Morgan fingerprint density at radius 1 is 0.909 bits per heavy atom. The van der Waals surface area contributed by atoms with E-state index in [9.17, 15) is 0 Å². The van der Waals surface area contributed by atoms with Crippen LogP contribution in [0, 0.1) is 6.92 Å². The lowest BCUT2D eigenvalue weighted by molar-refractivity contribution is 0.636. The van der Waals surface area contributed by atoms with Crippen molar-refractivity contribution < 1.29 is 0 Å². The third kappa shape index (κ3) is 3.08. The molecule has 22 heavy (non-hydrogen) atoms. The smallest absolute Gasteiger partial charge is 0.151 e. The molecule has 0 unspecified atom stereocenters. The highest BCUT2D eigenvalue weighted by atomic mass is 15.3. The summed E-state index contributed by atoms with van der Waals surface area (Å²) in [5, 5.41) is 8.56. The van der Waals surface area contributed by atoms with Crippen molar-refractivity contribution in [3.63, 3.8) is 0 Å². The van der Waals surface area contributed by atoms with E-state index in [1.54, 1.807) is 6.20 Å². The largest absolute Gasteiger partial charge is 0.361 e. The zero-order valence-corrected chi connectivity index (χ0v) is 13.3. The number of aryl methyl sites for hydroxylation is 1. The van der Waals surface area contributed by atoms with E-state index in [1.165, 1.54) is 0 Å². The molecule has 3 rings (SSSR count). The van der Waals surface area contributed by atoms with Crippen molar-refractivity contribution >= 4 is 17.5 Å². The molecule has 0 radical (unpaired) electrons. The summed E-state index contributed by atoms with van der Waals surface area (Å²) in [6, 6.07) is 4.03. The first kappa shape index (κ1) is 14.5. The molecule has 0 aliphatic carbocycles. The van der Waals surface area contributed by atoms with Crippen LogP contribution in [0.5, 0.6) is 0 Å². The minimum Gasteiger partial charge on any atom is -0.361 e. The Kier molecular flexibility index (Phi) is 4.04. The lowest BCUT2D eigenvalue weighted by atomic mass is 10.3. The van der Waals surface area contributed by atoms with Gasteiger partial charge in [-0.05, 0) is 19.1 Å². The van der Waals surface area contributed by atoms with Crippen LogP contribution in [0.3, 0.4) is 0 Å². The van der Waals surface area contributed by atoms with Crippen LogP contribution in [0.25, 0.3) is 0 Å². The van der Waals surface area contributed by atoms with E-state index in [4.69, 9.17) is 0 Å². The van der Waals surface area contributed by atoms with Crippen molar-refractivity contribution in [1.82, 2.24) is 20.2 Å². The molecular weight excluding hydrogens is 278 g/mol. The number of nitrogens with zero attached hydrogens (tertiary/aromatic N) is 7. The van der Waals surface area contributed by atoms with Gasteiger partial charge in [-0.15, -0.1) is 10.2 Å². The van der Waals surface area contributed by atoms with Gasteiger partial charge < -0.3 is 14.7 Å². The van der Waals surface area contributed by atoms with E-state index in [1.807, 2.05) is 44.2 Å². The molecule has 0 bridgehead atoms. The minimum absolute atomic E-state index is 0.873. The third-order valence-corrected chi connectivity index (χ3v) is 3.76. The van der Waals surface area contributed by atoms with Crippen LogP contribution in [0.1, 0.15) is 5.69 Å². The molecule has 0 aromatic carbocycles. The summed E-state index contributed by atoms with van der Waals surface area (Å²) in [5.74, 6) is 2.76. The first-order valence-electron chi connectivity index (χ1n) is 7.43. The van der Waals surface area contributed by atoms with Crippen LogP contribution >= 0.6 is 0 Å². The average molecular weight is 299 g/mol. The number of hydrogen-bond donors (Lipinski definition) is 0. The van der Waals surface area contributed by atoms with Crippen molar-refractivity contribution in [2.45, 2.75) is 6.92 Å². The second-order valence-corrected chi connectivity index (χ2v) is 5.64. The molecule has 0 atom stereocenters. The van der Waals surface area contributed by atoms with Crippen LogP contribution < -0.4 is 14.7 Å². The van der Waals surface area contributed by atoms with Crippen LogP contribution in [0.4, 0.5) is 17.5 Å². The van der Waals surface area contributed by atoms with Gasteiger partial charge in [-0.3, -0.25) is 4.98 Å². The molecule has 0 saturated carbocycles. The van der Waals surface area contributed by atoms with Crippen LogP contribution in [0.2, 0.25) is 0 Å². The highest BCUT2D eigenvalue weighted by molar-refractivity contribution is 5.46. The van der Waals surface area contributed by atoms with Gasteiger partial charge in [0.25, 0.3) is 0 Å². The van der Waals surface area contributed by atoms with Crippen molar-refractivity contribution in [3.05, 3.63) is 30.2 Å². The molecule has 1 aliphatic heterocycles. The molecule has 0 amide bonds. The van der Waals surface area contributed by atoms with Gasteiger partial charge in [-0.25, -0.2) is 4.98 Å². The Morgan fingerprint density at radius 2 is 1.59 bits per heavy atom. The fraction of sp³-hybridized carbons (Fsp3) is 0.467. The summed E-state index contributed by atoms with van der Waals surface area (Å²) in [6.07, 6.45) is 3.61. The van der Waals surface area contributed by atoms with Crippen molar-refractivity contribution in [1.29, 1.82) is 0 Å². The molecule has 1 fully saturated rings. The Labute approximate surface area is 130 Å². The van der Waals surface area contributed by atoms with Crippen LogP contribution in [-0.2, 0) is 0 Å². The maximum atomic E-state index is 4.54. The monoisotopic (exact) mass is 299 g/mol. The molecule has 116 valence electrons. The minimum atomic E-state index is 0.873. The highest BCUT2D eigenvalue weighted by Crippen LogP contribution is 2.18.